The largest absolute Gasteiger partial charge is 0.486 e. The van der Waals surface area contributed by atoms with Crippen LogP contribution in [0.2, 0.25) is 0 Å². The molecule has 0 amide bonds. The van der Waals surface area contributed by atoms with Gasteiger partial charge in [-0.05, 0) is 25.8 Å². The van der Waals surface area contributed by atoms with E-state index in [-0.39, 0.29) is 12.0 Å². The van der Waals surface area contributed by atoms with Gasteiger partial charge in [-0.15, -0.1) is 0 Å². The molecule has 104 valence electrons. The second-order valence-electron chi connectivity index (χ2n) is 5.90. The summed E-state index contributed by atoms with van der Waals surface area (Å²) in [5, 5.41) is 12.6. The van der Waals surface area contributed by atoms with Gasteiger partial charge in [0.15, 0.2) is 0 Å². The van der Waals surface area contributed by atoms with Gasteiger partial charge in [0, 0.05) is 5.56 Å². The van der Waals surface area contributed by atoms with E-state index >= 15 is 0 Å². The van der Waals surface area contributed by atoms with E-state index in [0.29, 0.717) is 0 Å². The van der Waals surface area contributed by atoms with Crippen LogP contribution in [0.15, 0.2) is 24.3 Å². The lowest BCUT2D eigenvalue weighted by Crippen LogP contribution is -2.49. The quantitative estimate of drug-likeness (QED) is 0.876. The summed E-state index contributed by atoms with van der Waals surface area (Å²) in [6, 6.07) is 7.08. The van der Waals surface area contributed by atoms with Crippen molar-refractivity contribution in [3.8, 4) is 5.75 Å². The van der Waals surface area contributed by atoms with Crippen LogP contribution < -0.4 is 10.1 Å². The molecule has 1 aliphatic rings. The molecule has 1 aromatic rings. The first-order valence-corrected chi connectivity index (χ1v) is 6.59. The van der Waals surface area contributed by atoms with Crippen molar-refractivity contribution in [2.45, 2.75) is 45.4 Å². The van der Waals surface area contributed by atoms with E-state index in [1.807, 2.05) is 52.0 Å². The first-order chi connectivity index (χ1) is 8.83. The van der Waals surface area contributed by atoms with Gasteiger partial charge in [-0.2, -0.15) is 0 Å². The predicted molar refractivity (Wildman–Crippen MR) is 73.3 cm³/mol. The summed E-state index contributed by atoms with van der Waals surface area (Å²) in [5.41, 5.74) is 0.575. The van der Waals surface area contributed by atoms with Gasteiger partial charge in [0.05, 0.1) is 6.04 Å². The third-order valence-electron chi connectivity index (χ3n) is 3.58. The first-order valence-electron chi connectivity index (χ1n) is 6.59. The Balaban J connectivity index is 2.30. The number of carboxylic acid groups (broad SMARTS) is 1. The Bertz CT molecular complexity index is 482. The maximum Gasteiger partial charge on any atom is 0.320 e. The van der Waals surface area contributed by atoms with Crippen LogP contribution in [0.4, 0.5) is 0 Å². The fourth-order valence-corrected chi connectivity index (χ4v) is 2.55. The van der Waals surface area contributed by atoms with Crippen LogP contribution in [0.25, 0.3) is 0 Å². The number of nitrogens with one attached hydrogen (secondary N) is 1. The Kier molecular flexibility index (Phi) is 3.54. The van der Waals surface area contributed by atoms with Gasteiger partial charge in [-0.3, -0.25) is 10.1 Å². The van der Waals surface area contributed by atoms with Crippen LogP contribution in [0.5, 0.6) is 5.75 Å². The fraction of sp³-hybridized carbons (Fsp3) is 0.533. The minimum absolute atomic E-state index is 0.0149. The average Bonchev–Trinajstić information content (AvgIpc) is 2.55. The van der Waals surface area contributed by atoms with Crippen molar-refractivity contribution in [1.29, 1.82) is 0 Å². The summed E-state index contributed by atoms with van der Waals surface area (Å²) in [7, 11) is 0. The van der Waals surface area contributed by atoms with E-state index in [9.17, 15) is 9.90 Å². The molecule has 0 fully saturated rings. The van der Waals surface area contributed by atoms with Gasteiger partial charge in [0.1, 0.15) is 17.4 Å². The van der Waals surface area contributed by atoms with E-state index in [4.69, 9.17) is 4.74 Å². The van der Waals surface area contributed by atoms with Crippen molar-refractivity contribution in [3.05, 3.63) is 29.8 Å². The third kappa shape index (κ3) is 2.59. The summed E-state index contributed by atoms with van der Waals surface area (Å²) in [6.45, 7) is 7.76. The number of para-hydroxylation sites is 1. The van der Waals surface area contributed by atoms with E-state index in [0.717, 1.165) is 11.3 Å². The molecule has 19 heavy (non-hydrogen) atoms. The molecular weight excluding hydrogens is 242 g/mol. The SMILES string of the molecule is CC(C)C(NC1c2ccccc2OC1(C)C)C(=O)O. The average molecular weight is 263 g/mol. The molecule has 0 saturated carbocycles. The molecular formula is C15H21NO3. The van der Waals surface area contributed by atoms with Gasteiger partial charge in [-0.25, -0.2) is 0 Å². The molecule has 1 heterocycles. The highest BCUT2D eigenvalue weighted by molar-refractivity contribution is 5.74. The maximum absolute atomic E-state index is 11.3. The number of rotatable bonds is 4. The highest BCUT2D eigenvalue weighted by Crippen LogP contribution is 2.43. The minimum Gasteiger partial charge on any atom is -0.486 e. The van der Waals surface area contributed by atoms with Crippen LogP contribution >= 0.6 is 0 Å². The Morgan fingerprint density at radius 3 is 2.58 bits per heavy atom. The lowest BCUT2D eigenvalue weighted by molar-refractivity contribution is -0.141. The van der Waals surface area contributed by atoms with Gasteiger partial charge in [0.2, 0.25) is 0 Å². The van der Waals surface area contributed by atoms with E-state index in [1.165, 1.54) is 0 Å². The van der Waals surface area contributed by atoms with Crippen molar-refractivity contribution in [2.24, 2.45) is 5.92 Å². The molecule has 0 bridgehead atoms. The number of fused-ring (bicyclic) bond motifs is 1. The molecule has 2 N–H and O–H groups in total. The van der Waals surface area contributed by atoms with Crippen molar-refractivity contribution in [1.82, 2.24) is 5.32 Å². The minimum atomic E-state index is -0.824. The van der Waals surface area contributed by atoms with Crippen molar-refractivity contribution >= 4 is 5.97 Å². The van der Waals surface area contributed by atoms with Crippen LogP contribution in [-0.4, -0.2) is 22.7 Å². The molecule has 0 aliphatic carbocycles. The van der Waals surface area contributed by atoms with Crippen LogP contribution in [0.3, 0.4) is 0 Å². The third-order valence-corrected chi connectivity index (χ3v) is 3.58. The summed E-state index contributed by atoms with van der Waals surface area (Å²) in [4.78, 5) is 11.3. The lowest BCUT2D eigenvalue weighted by atomic mass is 9.92. The van der Waals surface area contributed by atoms with Gasteiger partial charge in [0.25, 0.3) is 0 Å². The van der Waals surface area contributed by atoms with E-state index in [1.54, 1.807) is 0 Å². The Hall–Kier alpha value is -1.55. The molecule has 4 nitrogen and oxygen atoms in total. The van der Waals surface area contributed by atoms with Crippen molar-refractivity contribution in [3.63, 3.8) is 0 Å². The molecule has 1 aromatic carbocycles. The predicted octanol–water partition coefficient (Wildman–Crippen LogP) is 2.60. The number of carboxylic acids is 1. The van der Waals surface area contributed by atoms with Crippen molar-refractivity contribution in [2.75, 3.05) is 0 Å². The highest BCUT2D eigenvalue weighted by atomic mass is 16.5. The Labute approximate surface area is 113 Å². The lowest BCUT2D eigenvalue weighted by Gasteiger charge is -2.31. The number of carbonyl (C=O) groups is 1. The topological polar surface area (TPSA) is 58.6 Å². The van der Waals surface area contributed by atoms with Crippen LogP contribution in [0, 0.1) is 5.92 Å². The molecule has 1 aliphatic heterocycles. The zero-order chi connectivity index (χ0) is 14.2. The number of hydrogen-bond donors (Lipinski definition) is 2. The molecule has 2 unspecified atom stereocenters. The Morgan fingerprint density at radius 2 is 2.00 bits per heavy atom. The second-order valence-corrected chi connectivity index (χ2v) is 5.90. The summed E-state index contributed by atoms with van der Waals surface area (Å²) >= 11 is 0. The molecule has 0 aromatic heterocycles. The molecule has 2 rings (SSSR count). The first kappa shape index (κ1) is 13.9. The summed E-state index contributed by atoms with van der Waals surface area (Å²) in [6.07, 6.45) is 0. The molecule has 0 saturated heterocycles. The Morgan fingerprint density at radius 1 is 1.37 bits per heavy atom. The molecule has 0 spiro atoms. The standard InChI is InChI=1S/C15H21NO3/c1-9(2)12(14(17)18)16-13-10-7-5-6-8-11(10)19-15(13,3)4/h5-9,12-13,16H,1-4H3,(H,17,18). The highest BCUT2D eigenvalue weighted by Gasteiger charge is 2.43. The smallest absolute Gasteiger partial charge is 0.320 e. The molecule has 4 heteroatoms. The van der Waals surface area contributed by atoms with E-state index in [2.05, 4.69) is 5.32 Å². The second kappa shape index (κ2) is 4.85. The number of hydrogen-bond acceptors (Lipinski definition) is 3. The van der Waals surface area contributed by atoms with Gasteiger partial charge in [-0.1, -0.05) is 32.0 Å². The normalized spacial score (nSPS) is 21.8. The number of benzene rings is 1. The number of aliphatic carboxylic acids is 1. The molecule has 0 radical (unpaired) electrons. The molecule has 2 atom stereocenters. The number of ether oxygens (including phenoxy) is 1. The van der Waals surface area contributed by atoms with Crippen molar-refractivity contribution < 1.29 is 14.6 Å². The maximum atomic E-state index is 11.3. The van der Waals surface area contributed by atoms with Gasteiger partial charge < -0.3 is 9.84 Å². The summed E-state index contributed by atoms with van der Waals surface area (Å²) < 4.78 is 5.91. The summed E-state index contributed by atoms with van der Waals surface area (Å²) in [5.74, 6) is 0.0224. The van der Waals surface area contributed by atoms with Crippen LogP contribution in [0.1, 0.15) is 39.3 Å². The monoisotopic (exact) mass is 263 g/mol. The zero-order valence-electron chi connectivity index (χ0n) is 11.8. The van der Waals surface area contributed by atoms with Gasteiger partial charge >= 0.3 is 5.97 Å². The van der Waals surface area contributed by atoms with Crippen LogP contribution in [-0.2, 0) is 4.79 Å². The zero-order valence-corrected chi connectivity index (χ0v) is 11.8. The van der Waals surface area contributed by atoms with E-state index < -0.39 is 17.6 Å². The fourth-order valence-electron chi connectivity index (χ4n) is 2.55.